The first kappa shape index (κ1) is 12.6. The molecule has 1 unspecified atom stereocenters. The molecule has 1 saturated heterocycles. The second-order valence-corrected chi connectivity index (χ2v) is 4.69. The van der Waals surface area contributed by atoms with E-state index < -0.39 is 0 Å². The number of hydrogen-bond acceptors (Lipinski definition) is 3. The maximum Gasteiger partial charge on any atom is 0.0521 e. The number of hydrogen-bond donors (Lipinski definition) is 1. The van der Waals surface area contributed by atoms with Crippen LogP contribution >= 0.6 is 0 Å². The van der Waals surface area contributed by atoms with Crippen molar-refractivity contribution in [3.05, 3.63) is 18.0 Å². The third-order valence-electron chi connectivity index (χ3n) is 3.70. The second-order valence-electron chi connectivity index (χ2n) is 4.69. The Morgan fingerprint density at radius 3 is 3.06 bits per heavy atom. The normalized spacial score (nSPS) is 21.2. The van der Waals surface area contributed by atoms with Crippen LogP contribution in [0.4, 0.5) is 0 Å². The molecule has 0 saturated carbocycles. The van der Waals surface area contributed by atoms with Gasteiger partial charge in [-0.15, -0.1) is 0 Å². The standard InChI is InChI=1S/C13H24N4/c1-3-16-9-5-6-12(16)10-14-11-13-7-8-15-17(13)4-2/h7-8,12,14H,3-6,9-11H2,1-2H3. The molecule has 4 nitrogen and oxygen atoms in total. The van der Waals surface area contributed by atoms with Crippen LogP contribution in [0.5, 0.6) is 0 Å². The molecule has 0 radical (unpaired) electrons. The SMILES string of the molecule is CCN1CCCC1CNCc1ccnn1CC. The summed E-state index contributed by atoms with van der Waals surface area (Å²) in [6, 6.07) is 2.83. The third-order valence-corrected chi connectivity index (χ3v) is 3.70. The van der Waals surface area contributed by atoms with Crippen LogP contribution in [-0.4, -0.2) is 40.4 Å². The van der Waals surface area contributed by atoms with Crippen molar-refractivity contribution in [2.24, 2.45) is 0 Å². The molecule has 0 aliphatic carbocycles. The van der Waals surface area contributed by atoms with Crippen LogP contribution in [0, 0.1) is 0 Å². The van der Waals surface area contributed by atoms with E-state index in [0.29, 0.717) is 0 Å². The molecule has 0 spiro atoms. The summed E-state index contributed by atoms with van der Waals surface area (Å²) < 4.78 is 2.05. The van der Waals surface area contributed by atoms with Crippen molar-refractivity contribution in [2.45, 2.75) is 45.8 Å². The van der Waals surface area contributed by atoms with E-state index in [1.165, 1.54) is 31.6 Å². The molecule has 2 heterocycles. The lowest BCUT2D eigenvalue weighted by Crippen LogP contribution is -2.37. The van der Waals surface area contributed by atoms with Gasteiger partial charge in [-0.25, -0.2) is 0 Å². The van der Waals surface area contributed by atoms with E-state index in [1.807, 2.05) is 6.20 Å². The molecule has 0 bridgehead atoms. The summed E-state index contributed by atoms with van der Waals surface area (Å²) in [7, 11) is 0. The number of likely N-dealkylation sites (tertiary alicyclic amines) is 1. The first-order chi connectivity index (χ1) is 8.35. The van der Waals surface area contributed by atoms with Crippen LogP contribution < -0.4 is 5.32 Å². The van der Waals surface area contributed by atoms with Crippen molar-refractivity contribution in [1.29, 1.82) is 0 Å². The second kappa shape index (κ2) is 6.17. The minimum atomic E-state index is 0.734. The van der Waals surface area contributed by atoms with Gasteiger partial charge < -0.3 is 5.32 Å². The highest BCUT2D eigenvalue weighted by Crippen LogP contribution is 2.15. The molecule has 4 heteroatoms. The lowest BCUT2D eigenvalue weighted by molar-refractivity contribution is 0.259. The smallest absolute Gasteiger partial charge is 0.0521 e. The minimum absolute atomic E-state index is 0.734. The summed E-state index contributed by atoms with van der Waals surface area (Å²) in [6.45, 7) is 9.82. The Kier molecular flexibility index (Phi) is 4.57. The summed E-state index contributed by atoms with van der Waals surface area (Å²) in [5, 5.41) is 7.85. The lowest BCUT2D eigenvalue weighted by atomic mass is 10.2. The monoisotopic (exact) mass is 236 g/mol. The Balaban J connectivity index is 1.76. The highest BCUT2D eigenvalue weighted by Gasteiger charge is 2.22. The predicted molar refractivity (Wildman–Crippen MR) is 69.9 cm³/mol. The Morgan fingerprint density at radius 2 is 2.29 bits per heavy atom. The Labute approximate surface area is 104 Å². The van der Waals surface area contributed by atoms with E-state index in [-0.39, 0.29) is 0 Å². The highest BCUT2D eigenvalue weighted by molar-refractivity contribution is 5.00. The minimum Gasteiger partial charge on any atom is -0.310 e. The summed E-state index contributed by atoms with van der Waals surface area (Å²) in [5.74, 6) is 0. The van der Waals surface area contributed by atoms with Crippen molar-refractivity contribution in [2.75, 3.05) is 19.6 Å². The average Bonchev–Trinajstić information content (AvgIpc) is 2.97. The molecule has 96 valence electrons. The third kappa shape index (κ3) is 3.07. The van der Waals surface area contributed by atoms with Gasteiger partial charge in [0.2, 0.25) is 0 Å². The fourth-order valence-electron chi connectivity index (χ4n) is 2.70. The molecular weight excluding hydrogens is 212 g/mol. The van der Waals surface area contributed by atoms with Crippen LogP contribution in [-0.2, 0) is 13.1 Å². The van der Waals surface area contributed by atoms with Gasteiger partial charge in [0, 0.05) is 31.9 Å². The van der Waals surface area contributed by atoms with Crippen molar-refractivity contribution in [3.8, 4) is 0 Å². The number of rotatable bonds is 6. The van der Waals surface area contributed by atoms with Gasteiger partial charge in [0.05, 0.1) is 5.69 Å². The van der Waals surface area contributed by atoms with E-state index in [4.69, 9.17) is 0 Å². The van der Waals surface area contributed by atoms with Crippen LogP contribution in [0.25, 0.3) is 0 Å². The van der Waals surface area contributed by atoms with E-state index >= 15 is 0 Å². The summed E-state index contributed by atoms with van der Waals surface area (Å²) in [6.07, 6.45) is 4.58. The van der Waals surface area contributed by atoms with E-state index in [0.717, 1.165) is 25.7 Å². The topological polar surface area (TPSA) is 33.1 Å². The average molecular weight is 236 g/mol. The molecular formula is C13H24N4. The molecule has 1 aromatic heterocycles. The predicted octanol–water partition coefficient (Wildman–Crippen LogP) is 1.48. The molecule has 0 aromatic carbocycles. The molecule has 1 N–H and O–H groups in total. The van der Waals surface area contributed by atoms with Crippen LogP contribution in [0.1, 0.15) is 32.4 Å². The number of aryl methyl sites for hydroxylation is 1. The quantitative estimate of drug-likeness (QED) is 0.812. The maximum atomic E-state index is 4.28. The van der Waals surface area contributed by atoms with Gasteiger partial charge in [-0.2, -0.15) is 5.10 Å². The van der Waals surface area contributed by atoms with Crippen molar-refractivity contribution < 1.29 is 0 Å². The summed E-state index contributed by atoms with van der Waals surface area (Å²) >= 11 is 0. The number of likely N-dealkylation sites (N-methyl/N-ethyl adjacent to an activating group) is 1. The Morgan fingerprint density at radius 1 is 1.41 bits per heavy atom. The highest BCUT2D eigenvalue weighted by atomic mass is 15.3. The summed E-state index contributed by atoms with van der Waals surface area (Å²) in [4.78, 5) is 2.57. The van der Waals surface area contributed by atoms with Crippen LogP contribution in [0.2, 0.25) is 0 Å². The molecule has 17 heavy (non-hydrogen) atoms. The van der Waals surface area contributed by atoms with Gasteiger partial charge in [-0.1, -0.05) is 6.92 Å². The van der Waals surface area contributed by atoms with Crippen molar-refractivity contribution in [1.82, 2.24) is 20.0 Å². The number of aromatic nitrogens is 2. The fourth-order valence-corrected chi connectivity index (χ4v) is 2.70. The molecule has 1 aromatic rings. The van der Waals surface area contributed by atoms with Gasteiger partial charge >= 0.3 is 0 Å². The number of nitrogens with zero attached hydrogens (tertiary/aromatic N) is 3. The Hall–Kier alpha value is -0.870. The maximum absolute atomic E-state index is 4.28. The van der Waals surface area contributed by atoms with Gasteiger partial charge in [0.1, 0.15) is 0 Å². The van der Waals surface area contributed by atoms with Gasteiger partial charge in [-0.05, 0) is 38.9 Å². The largest absolute Gasteiger partial charge is 0.310 e. The van der Waals surface area contributed by atoms with Crippen molar-refractivity contribution in [3.63, 3.8) is 0 Å². The van der Waals surface area contributed by atoms with Gasteiger partial charge in [-0.3, -0.25) is 9.58 Å². The fraction of sp³-hybridized carbons (Fsp3) is 0.769. The Bertz CT molecular complexity index is 334. The first-order valence-corrected chi connectivity index (χ1v) is 6.80. The molecule has 1 aliphatic heterocycles. The van der Waals surface area contributed by atoms with E-state index in [1.54, 1.807) is 0 Å². The lowest BCUT2D eigenvalue weighted by Gasteiger charge is -2.23. The van der Waals surface area contributed by atoms with E-state index in [2.05, 4.69) is 39.9 Å². The van der Waals surface area contributed by atoms with Gasteiger partial charge in [0.25, 0.3) is 0 Å². The zero-order valence-electron chi connectivity index (χ0n) is 11.0. The van der Waals surface area contributed by atoms with Crippen LogP contribution in [0.3, 0.4) is 0 Å². The molecule has 2 rings (SSSR count). The molecule has 1 aliphatic rings. The zero-order valence-corrected chi connectivity index (χ0v) is 11.0. The summed E-state index contributed by atoms with van der Waals surface area (Å²) in [5.41, 5.74) is 1.29. The molecule has 1 atom stereocenters. The number of nitrogens with one attached hydrogen (secondary N) is 1. The van der Waals surface area contributed by atoms with Gasteiger partial charge in [0.15, 0.2) is 0 Å². The van der Waals surface area contributed by atoms with Crippen LogP contribution in [0.15, 0.2) is 12.3 Å². The van der Waals surface area contributed by atoms with E-state index in [9.17, 15) is 0 Å². The molecule has 1 fully saturated rings. The van der Waals surface area contributed by atoms with Crippen molar-refractivity contribution >= 4 is 0 Å². The zero-order chi connectivity index (χ0) is 12.1. The first-order valence-electron chi connectivity index (χ1n) is 6.80. The molecule has 0 amide bonds.